The van der Waals surface area contributed by atoms with Crippen molar-refractivity contribution in [3.05, 3.63) is 38.9 Å². The summed E-state index contributed by atoms with van der Waals surface area (Å²) < 4.78 is 32.6. The molecule has 2 aliphatic rings. The zero-order chi connectivity index (χ0) is 20.6. The van der Waals surface area contributed by atoms with E-state index < -0.39 is 21.1 Å². The van der Waals surface area contributed by atoms with Gasteiger partial charge < -0.3 is 24.5 Å². The summed E-state index contributed by atoms with van der Waals surface area (Å²) in [6.07, 6.45) is 0. The van der Waals surface area contributed by atoms with Crippen LogP contribution in [0.5, 0.6) is 0 Å². The summed E-state index contributed by atoms with van der Waals surface area (Å²) in [4.78, 5) is 43.6. The largest absolute Gasteiger partial charge is 0.378 e. The van der Waals surface area contributed by atoms with E-state index in [1.807, 2.05) is 0 Å². The van der Waals surface area contributed by atoms with Gasteiger partial charge in [-0.25, -0.2) is 13.2 Å². The molecule has 0 radical (unpaired) electrons. The molecule has 2 N–H and O–H groups in total. The first-order valence-corrected chi connectivity index (χ1v) is 10.7. The Labute approximate surface area is 165 Å². The van der Waals surface area contributed by atoms with Crippen LogP contribution < -0.4 is 11.1 Å². The highest BCUT2D eigenvalue weighted by molar-refractivity contribution is 7.89. The molecule has 0 spiro atoms. The predicted molar refractivity (Wildman–Crippen MR) is 103 cm³/mol. The van der Waals surface area contributed by atoms with Gasteiger partial charge in [-0.15, -0.1) is 0 Å². The van der Waals surface area contributed by atoms with Gasteiger partial charge in [-0.05, 0) is 18.2 Å². The molecule has 2 fully saturated rings. The lowest BCUT2D eigenvalue weighted by atomic mass is 10.3. The molecule has 0 bridgehead atoms. The molecule has 156 valence electrons. The lowest BCUT2D eigenvalue weighted by Gasteiger charge is -2.38. The minimum atomic E-state index is -3.80. The predicted octanol–water partition coefficient (Wildman–Crippen LogP) is -1.03. The van der Waals surface area contributed by atoms with E-state index in [2.05, 4.69) is 9.97 Å². The Balaban J connectivity index is 1.49. The van der Waals surface area contributed by atoms with Crippen molar-refractivity contribution in [2.24, 2.45) is 0 Å². The number of aromatic nitrogens is 2. The highest BCUT2D eigenvalue weighted by Gasteiger charge is 2.32. The van der Waals surface area contributed by atoms with Crippen LogP contribution in [0.1, 0.15) is 0 Å². The number of H-pyrrole nitrogens is 2. The van der Waals surface area contributed by atoms with Gasteiger partial charge in [0, 0.05) is 39.3 Å². The smallest absolute Gasteiger partial charge is 0.320 e. The van der Waals surface area contributed by atoms with Gasteiger partial charge in [0.05, 0.1) is 29.1 Å². The molecule has 12 heteroatoms. The number of benzene rings is 1. The van der Waals surface area contributed by atoms with E-state index in [1.54, 1.807) is 9.80 Å². The van der Waals surface area contributed by atoms with Gasteiger partial charge in [0.1, 0.15) is 0 Å². The number of rotatable bonds is 2. The number of hydrogen-bond acceptors (Lipinski definition) is 6. The SMILES string of the molecule is O=C(N1CCOCC1)N1CCN(S(=O)(=O)c2ccc3[nH]c(=O)c(=O)[nH]c3c2)CC1. The zero-order valence-corrected chi connectivity index (χ0v) is 16.4. The Bertz CT molecular complexity index is 1140. The van der Waals surface area contributed by atoms with Crippen LogP contribution >= 0.6 is 0 Å². The summed E-state index contributed by atoms with van der Waals surface area (Å²) in [6.45, 7) is 3.05. The molecule has 11 nitrogen and oxygen atoms in total. The third-order valence-corrected chi connectivity index (χ3v) is 7.02. The number of ether oxygens (including phenoxy) is 1. The van der Waals surface area contributed by atoms with Crippen molar-refractivity contribution in [1.29, 1.82) is 0 Å². The topological polar surface area (TPSA) is 136 Å². The number of carbonyl (C=O) groups is 1. The van der Waals surface area contributed by atoms with Crippen molar-refractivity contribution in [2.45, 2.75) is 4.90 Å². The summed E-state index contributed by atoms with van der Waals surface area (Å²) in [6, 6.07) is 4.06. The standard InChI is InChI=1S/C17H21N5O6S/c23-15-16(24)19-14-11-12(1-2-13(14)18-15)29(26,27)22-5-3-20(4-6-22)17(25)21-7-9-28-10-8-21/h1-2,11H,3-10H2,(H,18,23)(H,19,24). The van der Waals surface area contributed by atoms with Crippen molar-refractivity contribution >= 4 is 27.1 Å². The van der Waals surface area contributed by atoms with Crippen LogP contribution in [0.25, 0.3) is 11.0 Å². The first kappa shape index (κ1) is 19.6. The Hall–Kier alpha value is -2.70. The lowest BCUT2D eigenvalue weighted by Crippen LogP contribution is -2.55. The van der Waals surface area contributed by atoms with Crippen LogP contribution in [0.15, 0.2) is 32.7 Å². The summed E-state index contributed by atoms with van der Waals surface area (Å²) in [5.41, 5.74) is -1.07. The second-order valence-corrected chi connectivity index (χ2v) is 8.83. The number of carbonyl (C=O) groups excluding carboxylic acids is 1. The van der Waals surface area contributed by atoms with Gasteiger partial charge in [-0.3, -0.25) is 9.59 Å². The number of morpholine rings is 1. The van der Waals surface area contributed by atoms with Crippen molar-refractivity contribution < 1.29 is 17.9 Å². The van der Waals surface area contributed by atoms with Gasteiger partial charge in [0.15, 0.2) is 0 Å². The maximum Gasteiger partial charge on any atom is 0.320 e. The summed E-state index contributed by atoms with van der Waals surface area (Å²) >= 11 is 0. The molecule has 29 heavy (non-hydrogen) atoms. The van der Waals surface area contributed by atoms with Crippen LogP contribution in [-0.4, -0.2) is 91.0 Å². The van der Waals surface area contributed by atoms with E-state index in [1.165, 1.54) is 22.5 Å². The molecule has 2 saturated heterocycles. The molecule has 0 saturated carbocycles. The fraction of sp³-hybridized carbons (Fsp3) is 0.471. The van der Waals surface area contributed by atoms with Crippen LogP contribution in [-0.2, 0) is 14.8 Å². The molecule has 2 amide bonds. The van der Waals surface area contributed by atoms with E-state index in [0.29, 0.717) is 44.9 Å². The monoisotopic (exact) mass is 423 g/mol. The Morgan fingerprint density at radius 1 is 0.862 bits per heavy atom. The minimum absolute atomic E-state index is 0.0145. The van der Waals surface area contributed by atoms with Crippen molar-refractivity contribution in [3.63, 3.8) is 0 Å². The molecule has 3 heterocycles. The van der Waals surface area contributed by atoms with Gasteiger partial charge in [0.25, 0.3) is 0 Å². The maximum absolute atomic E-state index is 13.0. The van der Waals surface area contributed by atoms with E-state index in [9.17, 15) is 22.8 Å². The Kier molecular flexibility index (Phi) is 5.15. The molecule has 0 unspecified atom stereocenters. The van der Waals surface area contributed by atoms with Crippen LogP contribution in [0.4, 0.5) is 4.79 Å². The number of urea groups is 1. The van der Waals surface area contributed by atoms with Crippen LogP contribution in [0.2, 0.25) is 0 Å². The summed E-state index contributed by atoms with van der Waals surface area (Å²) in [7, 11) is -3.80. The second kappa shape index (κ2) is 7.61. The second-order valence-electron chi connectivity index (χ2n) is 6.89. The highest BCUT2D eigenvalue weighted by Crippen LogP contribution is 2.21. The molecule has 2 aliphatic heterocycles. The molecule has 1 aromatic carbocycles. The third-order valence-electron chi connectivity index (χ3n) is 5.12. The van der Waals surface area contributed by atoms with Gasteiger partial charge in [-0.1, -0.05) is 0 Å². The van der Waals surface area contributed by atoms with E-state index >= 15 is 0 Å². The number of piperazine rings is 1. The van der Waals surface area contributed by atoms with Crippen LogP contribution in [0.3, 0.4) is 0 Å². The van der Waals surface area contributed by atoms with Gasteiger partial charge in [-0.2, -0.15) is 4.31 Å². The van der Waals surface area contributed by atoms with Crippen molar-refractivity contribution in [3.8, 4) is 0 Å². The zero-order valence-electron chi connectivity index (χ0n) is 15.6. The minimum Gasteiger partial charge on any atom is -0.378 e. The third kappa shape index (κ3) is 3.78. The number of hydrogen-bond donors (Lipinski definition) is 2. The summed E-state index contributed by atoms with van der Waals surface area (Å²) in [5.74, 6) is 0. The fourth-order valence-corrected chi connectivity index (χ4v) is 4.93. The molecule has 0 atom stereocenters. The number of aromatic amines is 2. The summed E-state index contributed by atoms with van der Waals surface area (Å²) in [5, 5.41) is 0. The van der Waals surface area contributed by atoms with Crippen molar-refractivity contribution in [1.82, 2.24) is 24.1 Å². The van der Waals surface area contributed by atoms with Crippen molar-refractivity contribution in [2.75, 3.05) is 52.5 Å². The molecule has 2 aromatic rings. The van der Waals surface area contributed by atoms with E-state index in [4.69, 9.17) is 4.74 Å². The van der Waals surface area contributed by atoms with Gasteiger partial charge in [0.2, 0.25) is 10.0 Å². The molecule has 0 aliphatic carbocycles. The number of sulfonamides is 1. The average molecular weight is 423 g/mol. The molecular weight excluding hydrogens is 402 g/mol. The van der Waals surface area contributed by atoms with Crippen LogP contribution in [0, 0.1) is 0 Å². The van der Waals surface area contributed by atoms with Gasteiger partial charge >= 0.3 is 17.1 Å². The maximum atomic E-state index is 13.0. The Morgan fingerprint density at radius 2 is 1.45 bits per heavy atom. The number of fused-ring (bicyclic) bond motifs is 1. The quantitative estimate of drug-likeness (QED) is 0.593. The first-order chi connectivity index (χ1) is 13.9. The Morgan fingerprint density at radius 3 is 2.10 bits per heavy atom. The molecule has 4 rings (SSSR count). The number of amides is 2. The lowest BCUT2D eigenvalue weighted by molar-refractivity contribution is 0.0405. The molecular formula is C17H21N5O6S. The number of nitrogens with one attached hydrogen (secondary N) is 2. The first-order valence-electron chi connectivity index (χ1n) is 9.24. The normalized spacial score (nSPS) is 18.9. The van der Waals surface area contributed by atoms with E-state index in [0.717, 1.165) is 0 Å². The van der Waals surface area contributed by atoms with E-state index in [-0.39, 0.29) is 29.5 Å². The number of nitrogens with zero attached hydrogens (tertiary/aromatic N) is 3. The average Bonchev–Trinajstić information content (AvgIpc) is 2.74. The fourth-order valence-electron chi connectivity index (χ4n) is 3.48. The molecule has 1 aromatic heterocycles. The highest BCUT2D eigenvalue weighted by atomic mass is 32.2.